The largest absolute Gasteiger partial charge is 0.458 e. The number of fused-ring (bicyclic) bond motifs is 5. The SMILES string of the molecule is C[C@@H]1C[C@@]2(C)[C@H](CC[C@@H]3[C@H]2CC[C@]2(C)[C@@H](OC(=O)c4ccccc4)CC[C@@H]32)C[C@H]1OC(=O)c1ccccc1. The van der Waals surface area contributed by atoms with Crippen molar-refractivity contribution in [2.24, 2.45) is 40.4 Å². The molecule has 38 heavy (non-hydrogen) atoms. The van der Waals surface area contributed by atoms with Crippen LogP contribution in [0, 0.1) is 40.4 Å². The van der Waals surface area contributed by atoms with Crippen LogP contribution in [0.3, 0.4) is 0 Å². The molecule has 0 radical (unpaired) electrons. The minimum absolute atomic E-state index is 0.000512. The third-order valence-corrected chi connectivity index (χ3v) is 11.4. The summed E-state index contributed by atoms with van der Waals surface area (Å²) in [6.45, 7) is 7.24. The predicted octanol–water partition coefficient (Wildman–Crippen LogP) is 7.73. The minimum atomic E-state index is -0.185. The standard InChI is InChI=1S/C34H42O4/c1-22-21-34(3)25(20-29(22)37-31(35)23-10-6-4-7-11-23)14-15-26-27-16-17-30(33(27,2)19-18-28(26)34)38-32(36)24-12-8-5-9-13-24/h4-13,22,25-30H,14-21H2,1-3H3/t22-,25-,26+,27+,28-,29-,30+,33+,34+/m1/s1. The van der Waals surface area contributed by atoms with Crippen LogP contribution < -0.4 is 0 Å². The number of ether oxygens (including phenoxy) is 2. The van der Waals surface area contributed by atoms with Crippen molar-refractivity contribution >= 4 is 11.9 Å². The quantitative estimate of drug-likeness (QED) is 0.392. The van der Waals surface area contributed by atoms with Gasteiger partial charge in [-0.2, -0.15) is 0 Å². The van der Waals surface area contributed by atoms with E-state index in [2.05, 4.69) is 20.8 Å². The number of benzene rings is 2. The molecule has 4 fully saturated rings. The van der Waals surface area contributed by atoms with Gasteiger partial charge in [0.2, 0.25) is 0 Å². The maximum Gasteiger partial charge on any atom is 0.338 e. The smallest absolute Gasteiger partial charge is 0.338 e. The fourth-order valence-electron chi connectivity index (χ4n) is 9.44. The zero-order chi connectivity index (χ0) is 26.5. The Morgan fingerprint density at radius 1 is 0.737 bits per heavy atom. The number of hydrogen-bond donors (Lipinski definition) is 0. The summed E-state index contributed by atoms with van der Waals surface area (Å²) in [5, 5.41) is 0. The normalized spacial score (nSPS) is 39.8. The van der Waals surface area contributed by atoms with Gasteiger partial charge in [-0.25, -0.2) is 9.59 Å². The molecule has 2 aromatic carbocycles. The van der Waals surface area contributed by atoms with Crippen molar-refractivity contribution in [3.8, 4) is 0 Å². The summed E-state index contributed by atoms with van der Waals surface area (Å²) < 4.78 is 12.3. The van der Waals surface area contributed by atoms with Crippen LogP contribution in [-0.4, -0.2) is 24.1 Å². The van der Waals surface area contributed by atoms with Gasteiger partial charge in [0.05, 0.1) is 11.1 Å². The van der Waals surface area contributed by atoms with E-state index in [1.165, 1.54) is 19.3 Å². The Morgan fingerprint density at radius 2 is 1.34 bits per heavy atom. The zero-order valence-corrected chi connectivity index (χ0v) is 23.1. The Kier molecular flexibility index (Phi) is 6.64. The van der Waals surface area contributed by atoms with Crippen LogP contribution in [0.2, 0.25) is 0 Å². The Balaban J connectivity index is 1.14. The lowest BCUT2D eigenvalue weighted by Crippen LogP contribution is -2.56. The van der Waals surface area contributed by atoms with E-state index < -0.39 is 0 Å². The number of carbonyl (C=O) groups is 2. The molecule has 0 spiro atoms. The van der Waals surface area contributed by atoms with Crippen LogP contribution in [0.25, 0.3) is 0 Å². The van der Waals surface area contributed by atoms with E-state index in [4.69, 9.17) is 9.47 Å². The average molecular weight is 515 g/mol. The van der Waals surface area contributed by atoms with Crippen LogP contribution in [-0.2, 0) is 9.47 Å². The van der Waals surface area contributed by atoms with Crippen molar-refractivity contribution in [2.75, 3.05) is 0 Å². The number of hydrogen-bond acceptors (Lipinski definition) is 4. The monoisotopic (exact) mass is 514 g/mol. The Labute approximate surface area is 227 Å². The second kappa shape index (κ2) is 9.84. The summed E-state index contributed by atoms with van der Waals surface area (Å²) >= 11 is 0. The Hall–Kier alpha value is -2.62. The van der Waals surface area contributed by atoms with Crippen LogP contribution in [0.1, 0.15) is 92.9 Å². The Bertz CT molecular complexity index is 1160. The van der Waals surface area contributed by atoms with Crippen molar-refractivity contribution in [3.63, 3.8) is 0 Å². The van der Waals surface area contributed by atoms with Crippen LogP contribution in [0.15, 0.2) is 60.7 Å². The lowest BCUT2D eigenvalue weighted by molar-refractivity contribution is -0.147. The molecule has 0 amide bonds. The lowest BCUT2D eigenvalue weighted by atomic mass is 9.44. The molecule has 4 saturated carbocycles. The molecule has 4 heteroatoms. The van der Waals surface area contributed by atoms with E-state index in [1.54, 1.807) is 0 Å². The fourth-order valence-corrected chi connectivity index (χ4v) is 9.44. The molecule has 0 bridgehead atoms. The zero-order valence-electron chi connectivity index (χ0n) is 23.1. The summed E-state index contributed by atoms with van der Waals surface area (Å²) in [4.78, 5) is 25.7. The van der Waals surface area contributed by atoms with E-state index >= 15 is 0 Å². The number of esters is 2. The van der Waals surface area contributed by atoms with E-state index in [9.17, 15) is 9.59 Å². The fraction of sp³-hybridized carbons (Fsp3) is 0.588. The van der Waals surface area contributed by atoms with Crippen molar-refractivity contribution in [1.29, 1.82) is 0 Å². The van der Waals surface area contributed by atoms with Crippen molar-refractivity contribution < 1.29 is 19.1 Å². The molecule has 2 aromatic rings. The highest BCUT2D eigenvalue weighted by atomic mass is 16.5. The highest BCUT2D eigenvalue weighted by Crippen LogP contribution is 2.67. The molecular formula is C34H42O4. The molecule has 0 N–H and O–H groups in total. The summed E-state index contributed by atoms with van der Waals surface area (Å²) in [5.74, 6) is 2.63. The Morgan fingerprint density at radius 3 is 2.00 bits per heavy atom. The van der Waals surface area contributed by atoms with E-state index in [-0.39, 0.29) is 35.0 Å². The molecule has 0 aliphatic heterocycles. The van der Waals surface area contributed by atoms with Gasteiger partial charge in [0.1, 0.15) is 12.2 Å². The lowest BCUT2D eigenvalue weighted by Gasteiger charge is -2.61. The maximum absolute atomic E-state index is 12.9. The van der Waals surface area contributed by atoms with Gasteiger partial charge >= 0.3 is 11.9 Å². The highest BCUT2D eigenvalue weighted by molar-refractivity contribution is 5.90. The van der Waals surface area contributed by atoms with Crippen LogP contribution in [0.4, 0.5) is 0 Å². The van der Waals surface area contributed by atoms with Crippen molar-refractivity contribution in [3.05, 3.63) is 71.8 Å². The van der Waals surface area contributed by atoms with Crippen molar-refractivity contribution in [1.82, 2.24) is 0 Å². The van der Waals surface area contributed by atoms with Gasteiger partial charge in [-0.1, -0.05) is 57.2 Å². The first-order valence-corrected chi connectivity index (χ1v) is 14.8. The topological polar surface area (TPSA) is 52.6 Å². The van der Waals surface area contributed by atoms with Crippen molar-refractivity contribution in [2.45, 2.75) is 84.3 Å². The summed E-state index contributed by atoms with van der Waals surface area (Å²) in [5.41, 5.74) is 1.66. The van der Waals surface area contributed by atoms with E-state index in [0.717, 1.165) is 32.1 Å². The second-order valence-electron chi connectivity index (χ2n) is 13.3. The molecule has 6 rings (SSSR count). The van der Waals surface area contributed by atoms with Gasteiger partial charge < -0.3 is 9.47 Å². The molecule has 4 nitrogen and oxygen atoms in total. The van der Waals surface area contributed by atoms with Gasteiger partial charge in [-0.05, 0) is 111 Å². The molecule has 0 heterocycles. The van der Waals surface area contributed by atoms with Gasteiger partial charge in [0.15, 0.2) is 0 Å². The molecule has 4 aliphatic carbocycles. The minimum Gasteiger partial charge on any atom is -0.458 e. The van der Waals surface area contributed by atoms with E-state index in [1.807, 2.05) is 60.7 Å². The summed E-state index contributed by atoms with van der Waals surface area (Å²) in [6, 6.07) is 18.8. The average Bonchev–Trinajstić information content (AvgIpc) is 3.26. The summed E-state index contributed by atoms with van der Waals surface area (Å²) in [6.07, 6.45) is 9.08. The molecule has 202 valence electrons. The first-order valence-electron chi connectivity index (χ1n) is 14.8. The molecule has 0 aromatic heterocycles. The molecular weight excluding hydrogens is 472 g/mol. The molecule has 9 atom stereocenters. The van der Waals surface area contributed by atoms with Gasteiger partial charge in [-0.3, -0.25) is 0 Å². The van der Waals surface area contributed by atoms with Crippen LogP contribution >= 0.6 is 0 Å². The van der Waals surface area contributed by atoms with Gasteiger partial charge in [0, 0.05) is 5.41 Å². The maximum atomic E-state index is 12.9. The molecule has 4 aliphatic rings. The first kappa shape index (κ1) is 25.6. The van der Waals surface area contributed by atoms with E-state index in [0.29, 0.717) is 40.7 Å². The van der Waals surface area contributed by atoms with Gasteiger partial charge in [-0.15, -0.1) is 0 Å². The first-order chi connectivity index (χ1) is 18.3. The molecule has 0 saturated heterocycles. The second-order valence-corrected chi connectivity index (χ2v) is 13.3. The van der Waals surface area contributed by atoms with Crippen LogP contribution in [0.5, 0.6) is 0 Å². The highest BCUT2D eigenvalue weighted by Gasteiger charge is 2.62. The number of carbonyl (C=O) groups excluding carboxylic acids is 2. The number of rotatable bonds is 4. The predicted molar refractivity (Wildman–Crippen MR) is 148 cm³/mol. The third-order valence-electron chi connectivity index (χ3n) is 11.4. The summed E-state index contributed by atoms with van der Waals surface area (Å²) in [7, 11) is 0. The van der Waals surface area contributed by atoms with Gasteiger partial charge in [0.25, 0.3) is 0 Å². The molecule has 0 unspecified atom stereocenters. The third kappa shape index (κ3) is 4.28.